The molecule has 0 radical (unpaired) electrons. The average molecular weight is 438 g/mol. The zero-order valence-corrected chi connectivity index (χ0v) is 17.5. The Morgan fingerprint density at radius 2 is 1.62 bits per heavy atom. The van der Waals surface area contributed by atoms with Crippen molar-refractivity contribution in [3.8, 4) is 11.1 Å². The molecule has 0 aliphatic heterocycles. The maximum absolute atomic E-state index is 12.4. The molecule has 4 N–H and O–H groups in total. The molecule has 2 aliphatic carbocycles. The van der Waals surface area contributed by atoms with E-state index in [1.807, 2.05) is 24.3 Å². The molecule has 32 heavy (non-hydrogen) atoms. The van der Waals surface area contributed by atoms with Crippen molar-refractivity contribution >= 4 is 18.0 Å². The van der Waals surface area contributed by atoms with Gasteiger partial charge in [0.25, 0.3) is 0 Å². The molecule has 0 spiro atoms. The molecule has 0 aromatic heterocycles. The molecule has 8 heteroatoms. The molecule has 8 nitrogen and oxygen atoms in total. The van der Waals surface area contributed by atoms with Gasteiger partial charge in [-0.25, -0.2) is 9.59 Å². The Balaban J connectivity index is 1.30. The van der Waals surface area contributed by atoms with Crippen LogP contribution in [0.4, 0.5) is 4.79 Å². The van der Waals surface area contributed by atoms with Gasteiger partial charge < -0.3 is 25.6 Å². The van der Waals surface area contributed by atoms with Crippen LogP contribution >= 0.6 is 0 Å². The highest BCUT2D eigenvalue weighted by Gasteiger charge is 2.34. The highest BCUT2D eigenvalue weighted by Crippen LogP contribution is 2.44. The van der Waals surface area contributed by atoms with Crippen molar-refractivity contribution in [3.63, 3.8) is 0 Å². The van der Waals surface area contributed by atoms with Gasteiger partial charge >= 0.3 is 12.1 Å². The van der Waals surface area contributed by atoms with E-state index in [0.717, 1.165) is 22.3 Å². The van der Waals surface area contributed by atoms with Crippen molar-refractivity contribution in [3.05, 3.63) is 59.7 Å². The van der Waals surface area contributed by atoms with Gasteiger partial charge in [0, 0.05) is 17.9 Å². The van der Waals surface area contributed by atoms with E-state index in [1.165, 1.54) is 0 Å². The summed E-state index contributed by atoms with van der Waals surface area (Å²) < 4.78 is 5.55. The Morgan fingerprint density at radius 1 is 1.00 bits per heavy atom. The number of carboxylic acids is 1. The molecule has 2 amide bonds. The summed E-state index contributed by atoms with van der Waals surface area (Å²) in [7, 11) is 0. The van der Waals surface area contributed by atoms with E-state index >= 15 is 0 Å². The molecule has 2 aromatic rings. The minimum atomic E-state index is -1.32. The number of fused-ring (bicyclic) bond motifs is 3. The first-order valence-electron chi connectivity index (χ1n) is 10.7. The van der Waals surface area contributed by atoms with Crippen molar-refractivity contribution in [1.82, 2.24) is 10.6 Å². The average Bonchev–Trinajstić information content (AvgIpc) is 3.38. The minimum Gasteiger partial charge on any atom is -0.480 e. The van der Waals surface area contributed by atoms with Gasteiger partial charge in [-0.15, -0.1) is 0 Å². The second kappa shape index (κ2) is 9.40. The topological polar surface area (TPSA) is 125 Å². The molecule has 0 saturated heterocycles. The third-order valence-electron chi connectivity index (χ3n) is 6.27. The molecule has 4 rings (SSSR count). The van der Waals surface area contributed by atoms with Crippen LogP contribution in [0.1, 0.15) is 36.3 Å². The predicted molar refractivity (Wildman–Crippen MR) is 116 cm³/mol. The number of carbonyl (C=O) groups excluding carboxylic acids is 2. The van der Waals surface area contributed by atoms with Crippen molar-refractivity contribution < 1.29 is 29.3 Å². The van der Waals surface area contributed by atoms with Crippen LogP contribution < -0.4 is 10.6 Å². The number of hydrogen-bond acceptors (Lipinski definition) is 5. The summed E-state index contributed by atoms with van der Waals surface area (Å²) in [5.74, 6) is -2.15. The maximum Gasteiger partial charge on any atom is 0.407 e. The van der Waals surface area contributed by atoms with Crippen molar-refractivity contribution in [2.75, 3.05) is 13.2 Å². The smallest absolute Gasteiger partial charge is 0.407 e. The van der Waals surface area contributed by atoms with Crippen LogP contribution in [0.2, 0.25) is 0 Å². The highest BCUT2D eigenvalue weighted by molar-refractivity contribution is 5.85. The van der Waals surface area contributed by atoms with Gasteiger partial charge in [-0.1, -0.05) is 48.5 Å². The van der Waals surface area contributed by atoms with Crippen molar-refractivity contribution in [2.24, 2.45) is 5.92 Å². The van der Waals surface area contributed by atoms with E-state index in [2.05, 4.69) is 34.9 Å². The summed E-state index contributed by atoms with van der Waals surface area (Å²) in [6, 6.07) is 14.7. The number of hydrogen-bond donors (Lipinski definition) is 4. The van der Waals surface area contributed by atoms with E-state index < -0.39 is 36.5 Å². The molecule has 0 heterocycles. The number of carbonyl (C=O) groups is 3. The number of aliphatic carboxylic acids is 1. The van der Waals surface area contributed by atoms with Crippen LogP contribution in [0.25, 0.3) is 11.1 Å². The number of nitrogens with one attached hydrogen (secondary N) is 2. The van der Waals surface area contributed by atoms with Crippen LogP contribution in [0.15, 0.2) is 48.5 Å². The molecule has 1 saturated carbocycles. The summed E-state index contributed by atoms with van der Waals surface area (Å²) >= 11 is 0. The molecule has 1 fully saturated rings. The van der Waals surface area contributed by atoms with Gasteiger partial charge in [0.2, 0.25) is 5.91 Å². The van der Waals surface area contributed by atoms with E-state index in [-0.39, 0.29) is 18.6 Å². The zero-order chi connectivity index (χ0) is 22.7. The molecule has 0 bridgehead atoms. The Bertz CT molecular complexity index is 978. The van der Waals surface area contributed by atoms with Gasteiger partial charge in [0.1, 0.15) is 12.6 Å². The van der Waals surface area contributed by atoms with Gasteiger partial charge in [-0.05, 0) is 41.5 Å². The molecule has 3 atom stereocenters. The van der Waals surface area contributed by atoms with Gasteiger partial charge in [-0.3, -0.25) is 4.79 Å². The summed E-state index contributed by atoms with van der Waals surface area (Å²) in [5, 5.41) is 23.2. The Kier molecular flexibility index (Phi) is 6.41. The van der Waals surface area contributed by atoms with E-state index in [0.29, 0.717) is 19.3 Å². The van der Waals surface area contributed by atoms with Gasteiger partial charge in [0.15, 0.2) is 0 Å². The first-order chi connectivity index (χ1) is 15.5. The largest absolute Gasteiger partial charge is 0.480 e. The van der Waals surface area contributed by atoms with E-state index in [9.17, 15) is 14.4 Å². The summed E-state index contributed by atoms with van der Waals surface area (Å²) in [6.07, 6.45) is 0.988. The number of aliphatic hydroxyl groups is 1. The fourth-order valence-electron chi connectivity index (χ4n) is 4.63. The monoisotopic (exact) mass is 438 g/mol. The molecule has 168 valence electrons. The lowest BCUT2D eigenvalue weighted by Gasteiger charge is -2.17. The summed E-state index contributed by atoms with van der Waals surface area (Å²) in [5.41, 5.74) is 4.58. The summed E-state index contributed by atoms with van der Waals surface area (Å²) in [6.45, 7) is -0.456. The van der Waals surface area contributed by atoms with Crippen LogP contribution in [0.3, 0.4) is 0 Å². The van der Waals surface area contributed by atoms with Crippen LogP contribution in [-0.2, 0) is 14.3 Å². The second-order valence-corrected chi connectivity index (χ2v) is 8.26. The third kappa shape index (κ3) is 4.45. The lowest BCUT2D eigenvalue weighted by atomic mass is 9.98. The summed E-state index contributed by atoms with van der Waals surface area (Å²) in [4.78, 5) is 35.7. The fraction of sp³-hybridized carbons (Fsp3) is 0.375. The van der Waals surface area contributed by atoms with Crippen molar-refractivity contribution in [1.29, 1.82) is 0 Å². The lowest BCUT2D eigenvalue weighted by molar-refractivity contribution is -0.143. The third-order valence-corrected chi connectivity index (χ3v) is 6.27. The molecule has 2 aromatic carbocycles. The number of alkyl carbamates (subject to hydrolysis) is 1. The Hall–Kier alpha value is -3.39. The number of ether oxygens (including phenoxy) is 1. The predicted octanol–water partition coefficient (Wildman–Crippen LogP) is 2.26. The standard InChI is InChI=1S/C24H26N2O6/c27-12-21(23(29)30)26-22(28)14-9-10-15(11-14)25-24(31)32-13-20-18-7-3-1-5-16(18)17-6-2-4-8-19(17)20/h1-8,14-15,20-21,27H,9-13H2,(H,25,31)(H,26,28)(H,29,30)/t14?,15?,21-/m0/s1. The van der Waals surface area contributed by atoms with Gasteiger partial charge in [-0.2, -0.15) is 0 Å². The normalized spacial score (nSPS) is 20.2. The first-order valence-corrected chi connectivity index (χ1v) is 10.7. The lowest BCUT2D eigenvalue weighted by Crippen LogP contribution is -2.45. The first kappa shape index (κ1) is 21.8. The molecular formula is C24H26N2O6. The van der Waals surface area contributed by atoms with E-state index in [1.54, 1.807) is 0 Å². The fourth-order valence-corrected chi connectivity index (χ4v) is 4.63. The highest BCUT2D eigenvalue weighted by atomic mass is 16.5. The molecule has 2 aliphatic rings. The second-order valence-electron chi connectivity index (χ2n) is 8.26. The number of carboxylic acid groups (broad SMARTS) is 1. The zero-order valence-electron chi connectivity index (χ0n) is 17.5. The van der Waals surface area contributed by atoms with Gasteiger partial charge in [0.05, 0.1) is 6.61 Å². The van der Waals surface area contributed by atoms with Crippen molar-refractivity contribution in [2.45, 2.75) is 37.3 Å². The maximum atomic E-state index is 12.4. The Labute approximate surface area is 185 Å². The van der Waals surface area contributed by atoms with Crippen LogP contribution in [0.5, 0.6) is 0 Å². The quantitative estimate of drug-likeness (QED) is 0.526. The van der Waals surface area contributed by atoms with Crippen LogP contribution in [0, 0.1) is 5.92 Å². The number of rotatable bonds is 7. The number of benzene rings is 2. The molecular weight excluding hydrogens is 412 g/mol. The Morgan fingerprint density at radius 3 is 2.22 bits per heavy atom. The number of amides is 2. The number of aliphatic hydroxyl groups excluding tert-OH is 1. The van der Waals surface area contributed by atoms with E-state index in [4.69, 9.17) is 14.9 Å². The minimum absolute atomic E-state index is 0.0262. The molecule has 2 unspecified atom stereocenters. The SMILES string of the molecule is O=C(NC1CCC(C(=O)N[C@@H](CO)C(=O)O)C1)OCC1c2ccccc2-c2ccccc21. The van der Waals surface area contributed by atoms with Crippen LogP contribution in [-0.4, -0.2) is 53.5 Å².